The third-order valence-electron chi connectivity index (χ3n) is 5.54. The lowest BCUT2D eigenvalue weighted by Crippen LogP contribution is -2.25. The summed E-state index contributed by atoms with van der Waals surface area (Å²) in [5.41, 5.74) is 9.17. The first-order valence-corrected chi connectivity index (χ1v) is 11.5. The quantitative estimate of drug-likeness (QED) is 0.342. The molecule has 1 unspecified atom stereocenters. The number of hydrogen-bond acceptors (Lipinski definition) is 7. The fourth-order valence-corrected chi connectivity index (χ4v) is 4.56. The number of rotatable bonds is 7. The number of ether oxygens (including phenoxy) is 2. The second-order valence-electron chi connectivity index (χ2n) is 7.93. The van der Waals surface area contributed by atoms with Crippen molar-refractivity contribution in [1.82, 2.24) is 14.9 Å². The van der Waals surface area contributed by atoms with Crippen LogP contribution in [0.3, 0.4) is 0 Å². The van der Waals surface area contributed by atoms with Crippen LogP contribution < -0.4 is 20.5 Å². The van der Waals surface area contributed by atoms with Crippen molar-refractivity contribution in [2.45, 2.75) is 18.3 Å². The average Bonchev–Trinajstić information content (AvgIpc) is 3.32. The number of halogens is 1. The van der Waals surface area contributed by atoms with E-state index in [0.717, 1.165) is 34.2 Å². The minimum absolute atomic E-state index is 0. The van der Waals surface area contributed by atoms with Crippen LogP contribution >= 0.6 is 24.2 Å². The molecule has 3 aromatic carbocycles. The number of nitrogens with two attached hydrogens (primary N) is 1. The molecule has 35 heavy (non-hydrogen) atoms. The van der Waals surface area contributed by atoms with Crippen molar-refractivity contribution in [3.8, 4) is 17.2 Å². The number of carbonyl (C=O) groups is 2. The number of nitrogens with one attached hydrogen (secondary N) is 1. The van der Waals surface area contributed by atoms with Gasteiger partial charge in [0.25, 0.3) is 5.24 Å². The lowest BCUT2D eigenvalue weighted by atomic mass is 10.1. The van der Waals surface area contributed by atoms with E-state index >= 15 is 0 Å². The molecule has 1 atom stereocenters. The van der Waals surface area contributed by atoms with E-state index < -0.39 is 0 Å². The Labute approximate surface area is 212 Å². The number of aryl methyl sites for hydroxylation is 1. The topological polar surface area (TPSA) is 108 Å². The minimum Gasteiger partial charge on any atom is -0.486 e. The highest BCUT2D eigenvalue weighted by molar-refractivity contribution is 8.15. The molecule has 0 spiro atoms. The minimum atomic E-state index is -0.381. The molecule has 5 rings (SSSR count). The zero-order valence-electron chi connectivity index (χ0n) is 18.8. The van der Waals surface area contributed by atoms with E-state index in [4.69, 9.17) is 15.2 Å². The smallest absolute Gasteiger partial charge is 0.286 e. The number of hydrogen-bond donors (Lipinski definition) is 2. The number of benzene rings is 3. The van der Waals surface area contributed by atoms with Crippen LogP contribution in [0.15, 0.2) is 66.7 Å². The normalized spacial score (nSPS) is 15.1. The van der Waals surface area contributed by atoms with Gasteiger partial charge in [0.1, 0.15) is 29.7 Å². The maximum Gasteiger partial charge on any atom is 0.286 e. The number of aromatic nitrogens is 2. The molecular weight excluding hydrogens is 488 g/mol. The molecule has 4 aromatic rings. The van der Waals surface area contributed by atoms with Gasteiger partial charge in [-0.1, -0.05) is 23.9 Å². The van der Waals surface area contributed by atoms with Gasteiger partial charge in [0.2, 0.25) is 5.91 Å². The van der Waals surface area contributed by atoms with Crippen LogP contribution in [0.2, 0.25) is 0 Å². The van der Waals surface area contributed by atoms with E-state index in [9.17, 15) is 9.59 Å². The lowest BCUT2D eigenvalue weighted by Gasteiger charge is -2.09. The van der Waals surface area contributed by atoms with Crippen molar-refractivity contribution in [2.24, 2.45) is 7.05 Å². The number of imide groups is 1. The fourth-order valence-electron chi connectivity index (χ4n) is 3.70. The van der Waals surface area contributed by atoms with Crippen LogP contribution in [0.1, 0.15) is 11.4 Å². The van der Waals surface area contributed by atoms with E-state index in [-0.39, 0.29) is 28.8 Å². The standard InChI is InChI=1S/C25H22N4O4S.ClH/c1-29-21-13-19(33-18-8-4-16(26)5-9-18)10-11-20(21)27-23(29)14-32-17-6-2-15(3-7-17)12-22-24(30)28-25(31)34-22;/h2-11,13,22H,12,14,26H2,1H3,(H,28,30,31);1H. The van der Waals surface area contributed by atoms with E-state index in [2.05, 4.69) is 10.3 Å². The predicted molar refractivity (Wildman–Crippen MR) is 138 cm³/mol. The van der Waals surface area contributed by atoms with Crippen molar-refractivity contribution in [3.05, 3.63) is 78.1 Å². The molecule has 3 N–H and O–H groups in total. The number of thioether (sulfide) groups is 1. The zero-order valence-corrected chi connectivity index (χ0v) is 20.4. The van der Waals surface area contributed by atoms with Gasteiger partial charge >= 0.3 is 0 Å². The lowest BCUT2D eigenvalue weighted by molar-refractivity contribution is -0.118. The maximum absolute atomic E-state index is 11.7. The molecule has 2 amide bonds. The first-order valence-electron chi connectivity index (χ1n) is 10.7. The maximum atomic E-state index is 11.7. The Balaban J connectivity index is 0.00000289. The van der Waals surface area contributed by atoms with Gasteiger partial charge in [-0.25, -0.2) is 4.98 Å². The summed E-state index contributed by atoms with van der Waals surface area (Å²) in [6, 6.07) is 20.5. The third-order valence-corrected chi connectivity index (χ3v) is 6.52. The van der Waals surface area contributed by atoms with Gasteiger partial charge in [0.15, 0.2) is 0 Å². The molecule has 0 saturated carbocycles. The van der Waals surface area contributed by atoms with Gasteiger partial charge in [0.05, 0.1) is 16.3 Å². The van der Waals surface area contributed by atoms with Crippen molar-refractivity contribution >= 4 is 52.0 Å². The Morgan fingerprint density at radius 1 is 1.00 bits per heavy atom. The highest BCUT2D eigenvalue weighted by Gasteiger charge is 2.31. The first-order chi connectivity index (χ1) is 16.4. The second kappa shape index (κ2) is 10.3. The molecule has 10 heteroatoms. The number of imidazole rings is 1. The molecule has 1 saturated heterocycles. The molecule has 8 nitrogen and oxygen atoms in total. The molecular formula is C25H23ClN4O4S. The third kappa shape index (κ3) is 5.52. The summed E-state index contributed by atoms with van der Waals surface area (Å²) in [7, 11) is 1.94. The van der Waals surface area contributed by atoms with Crippen LogP contribution in [0, 0.1) is 0 Å². The molecule has 1 aromatic heterocycles. The summed E-state index contributed by atoms with van der Waals surface area (Å²) < 4.78 is 13.8. The van der Waals surface area contributed by atoms with Crippen molar-refractivity contribution < 1.29 is 19.1 Å². The van der Waals surface area contributed by atoms with E-state index in [1.54, 1.807) is 12.1 Å². The summed E-state index contributed by atoms with van der Waals surface area (Å²) in [6.07, 6.45) is 0.494. The fraction of sp³-hybridized carbons (Fsp3) is 0.160. The molecule has 180 valence electrons. The van der Waals surface area contributed by atoms with Crippen LogP contribution in [0.4, 0.5) is 10.5 Å². The number of anilines is 1. The van der Waals surface area contributed by atoms with E-state index in [0.29, 0.717) is 36.0 Å². The van der Waals surface area contributed by atoms with Crippen LogP contribution in [0.5, 0.6) is 17.2 Å². The van der Waals surface area contributed by atoms with Crippen LogP contribution in [-0.4, -0.2) is 25.9 Å². The zero-order chi connectivity index (χ0) is 23.7. The number of carbonyl (C=O) groups excluding carboxylic acids is 2. The highest BCUT2D eigenvalue weighted by Crippen LogP contribution is 2.27. The van der Waals surface area contributed by atoms with Gasteiger partial charge in [-0.2, -0.15) is 0 Å². The molecule has 0 bridgehead atoms. The van der Waals surface area contributed by atoms with Gasteiger partial charge in [-0.3, -0.25) is 14.9 Å². The molecule has 0 radical (unpaired) electrons. The summed E-state index contributed by atoms with van der Waals surface area (Å²) >= 11 is 1.03. The largest absolute Gasteiger partial charge is 0.486 e. The van der Waals surface area contributed by atoms with Crippen molar-refractivity contribution in [1.29, 1.82) is 0 Å². The van der Waals surface area contributed by atoms with E-state index in [1.807, 2.05) is 66.2 Å². The van der Waals surface area contributed by atoms with Gasteiger partial charge in [-0.05, 0) is 60.5 Å². The monoisotopic (exact) mass is 510 g/mol. The van der Waals surface area contributed by atoms with Gasteiger partial charge in [-0.15, -0.1) is 12.4 Å². The SMILES string of the molecule is Cl.Cn1c(COc2ccc(CC3SC(=O)NC3=O)cc2)nc2ccc(Oc3ccc(N)cc3)cc21. The Morgan fingerprint density at radius 3 is 2.37 bits per heavy atom. The van der Waals surface area contributed by atoms with Crippen molar-refractivity contribution in [3.63, 3.8) is 0 Å². The summed E-state index contributed by atoms with van der Waals surface area (Å²) in [5.74, 6) is 2.66. The number of amides is 2. The van der Waals surface area contributed by atoms with Crippen LogP contribution in [0.25, 0.3) is 11.0 Å². The number of nitrogens with zero attached hydrogens (tertiary/aromatic N) is 2. The average molecular weight is 511 g/mol. The predicted octanol–water partition coefficient (Wildman–Crippen LogP) is 4.84. The van der Waals surface area contributed by atoms with Crippen LogP contribution in [-0.2, 0) is 24.9 Å². The molecule has 1 aliphatic heterocycles. The molecule has 1 fully saturated rings. The summed E-state index contributed by atoms with van der Waals surface area (Å²) in [6.45, 7) is 0.300. The summed E-state index contributed by atoms with van der Waals surface area (Å²) in [5, 5.41) is 1.64. The Bertz CT molecular complexity index is 1370. The number of fused-ring (bicyclic) bond motifs is 1. The summed E-state index contributed by atoms with van der Waals surface area (Å²) in [4.78, 5) is 27.7. The number of nitrogen functional groups attached to an aromatic ring is 1. The van der Waals surface area contributed by atoms with Gasteiger partial charge in [0, 0.05) is 18.8 Å². The molecule has 1 aliphatic rings. The Morgan fingerprint density at radius 2 is 1.69 bits per heavy atom. The Hall–Kier alpha value is -3.69. The second-order valence-corrected chi connectivity index (χ2v) is 9.10. The Kier molecular flexibility index (Phi) is 7.18. The van der Waals surface area contributed by atoms with Crippen molar-refractivity contribution in [2.75, 3.05) is 5.73 Å². The first kappa shape index (κ1) is 24.4. The van der Waals surface area contributed by atoms with E-state index in [1.165, 1.54) is 0 Å². The van der Waals surface area contributed by atoms with Gasteiger partial charge < -0.3 is 19.8 Å². The molecule has 0 aliphatic carbocycles. The molecule has 2 heterocycles. The highest BCUT2D eigenvalue weighted by atomic mass is 35.5.